The lowest BCUT2D eigenvalue weighted by molar-refractivity contribution is 0.210. The van der Waals surface area contributed by atoms with E-state index in [4.69, 9.17) is 4.42 Å². The van der Waals surface area contributed by atoms with Crippen LogP contribution in [-0.2, 0) is 28.3 Å². The Labute approximate surface area is 192 Å². The molecule has 4 nitrogen and oxygen atoms in total. The van der Waals surface area contributed by atoms with Crippen LogP contribution in [0.15, 0.2) is 45.7 Å². The van der Waals surface area contributed by atoms with Gasteiger partial charge in [-0.1, -0.05) is 53.7 Å². The minimum absolute atomic E-state index is 0.0252. The predicted octanol–water partition coefficient (Wildman–Crippen LogP) is 6.99. The number of anilines is 1. The van der Waals surface area contributed by atoms with Crippen LogP contribution in [0.25, 0.3) is 11.0 Å². The lowest BCUT2D eigenvalue weighted by Gasteiger charge is -2.33. The molecule has 0 spiro atoms. The third kappa shape index (κ3) is 4.32. The number of fused-ring (bicyclic) bond motifs is 3. The first-order valence-corrected chi connectivity index (χ1v) is 12.9. The van der Waals surface area contributed by atoms with Gasteiger partial charge in [0.15, 0.2) is 0 Å². The van der Waals surface area contributed by atoms with Crippen molar-refractivity contribution in [1.82, 2.24) is 0 Å². The maximum Gasteiger partial charge on any atom is 0.261 e. The molecule has 1 heterocycles. The largest absolute Gasteiger partial charge is 0.461 e. The van der Waals surface area contributed by atoms with E-state index < -0.39 is 10.0 Å². The van der Waals surface area contributed by atoms with E-state index in [2.05, 4.69) is 46.3 Å². The Kier molecular flexibility index (Phi) is 5.48. The highest BCUT2D eigenvalue weighted by atomic mass is 32.2. The molecular formula is C27H35NO3S. The van der Waals surface area contributed by atoms with Gasteiger partial charge in [-0.2, -0.15) is 0 Å². The van der Waals surface area contributed by atoms with Crippen molar-refractivity contribution in [2.75, 3.05) is 4.72 Å². The van der Waals surface area contributed by atoms with Crippen molar-refractivity contribution in [2.24, 2.45) is 11.3 Å². The summed E-state index contributed by atoms with van der Waals surface area (Å²) in [6, 6.07) is 11.1. The van der Waals surface area contributed by atoms with Gasteiger partial charge in [0, 0.05) is 17.4 Å². The number of sulfonamides is 1. The molecular weight excluding hydrogens is 418 g/mol. The van der Waals surface area contributed by atoms with Gasteiger partial charge in [-0.25, -0.2) is 8.42 Å². The fourth-order valence-electron chi connectivity index (χ4n) is 4.61. The molecule has 1 aromatic heterocycles. The number of hydrogen-bond donors (Lipinski definition) is 1. The molecule has 1 aliphatic carbocycles. The summed E-state index contributed by atoms with van der Waals surface area (Å²) < 4.78 is 35.2. The van der Waals surface area contributed by atoms with Gasteiger partial charge in [-0.15, -0.1) is 0 Å². The van der Waals surface area contributed by atoms with Crippen molar-refractivity contribution in [3.05, 3.63) is 58.8 Å². The van der Waals surface area contributed by atoms with Gasteiger partial charge >= 0.3 is 0 Å². The lowest BCUT2D eigenvalue weighted by Crippen LogP contribution is -2.26. The fourth-order valence-corrected chi connectivity index (χ4v) is 5.73. The van der Waals surface area contributed by atoms with Gasteiger partial charge in [-0.3, -0.25) is 4.72 Å². The molecule has 1 atom stereocenters. The number of aryl methyl sites for hydroxylation is 2. The second-order valence-electron chi connectivity index (χ2n) is 11.4. The smallest absolute Gasteiger partial charge is 0.261 e. The van der Waals surface area contributed by atoms with Gasteiger partial charge in [0.2, 0.25) is 0 Å². The van der Waals surface area contributed by atoms with E-state index in [9.17, 15) is 8.42 Å². The monoisotopic (exact) mass is 453 g/mol. The second kappa shape index (κ2) is 7.65. The summed E-state index contributed by atoms with van der Waals surface area (Å²) in [5.41, 5.74) is 4.86. The average molecular weight is 454 g/mol. The van der Waals surface area contributed by atoms with Crippen molar-refractivity contribution in [2.45, 2.75) is 78.0 Å². The Bertz CT molecular complexity index is 1250. The van der Waals surface area contributed by atoms with Crippen molar-refractivity contribution in [3.63, 3.8) is 0 Å². The molecule has 5 heteroatoms. The highest BCUT2D eigenvalue weighted by Crippen LogP contribution is 2.42. The van der Waals surface area contributed by atoms with Gasteiger partial charge < -0.3 is 4.42 Å². The van der Waals surface area contributed by atoms with E-state index >= 15 is 0 Å². The van der Waals surface area contributed by atoms with Crippen molar-refractivity contribution < 1.29 is 12.8 Å². The van der Waals surface area contributed by atoms with E-state index in [0.29, 0.717) is 11.6 Å². The van der Waals surface area contributed by atoms with E-state index in [0.717, 1.165) is 47.1 Å². The summed E-state index contributed by atoms with van der Waals surface area (Å²) in [7, 11) is -3.69. The van der Waals surface area contributed by atoms with Gasteiger partial charge in [0.05, 0.1) is 10.6 Å². The summed E-state index contributed by atoms with van der Waals surface area (Å²) >= 11 is 0. The topological polar surface area (TPSA) is 59.3 Å². The highest BCUT2D eigenvalue weighted by molar-refractivity contribution is 7.92. The van der Waals surface area contributed by atoms with Crippen LogP contribution in [0.4, 0.5) is 5.69 Å². The zero-order chi connectivity index (χ0) is 23.5. The summed E-state index contributed by atoms with van der Waals surface area (Å²) in [6.45, 7) is 15.1. The van der Waals surface area contributed by atoms with Crippen LogP contribution in [0.2, 0.25) is 0 Å². The number of benzene rings is 2. The standard InChI is InChI=1S/C27H35NO3S/c1-17-14-25-22(21-15-19(27(5,6)7)10-13-24(21)31-25)16-23(17)28-32(29,30)20-11-8-18(9-12-20)26(2,3)4/h8-9,11-12,14,16,19,28H,10,13,15H2,1-7H3/t19-/m1/s1. The van der Waals surface area contributed by atoms with Crippen LogP contribution in [0.5, 0.6) is 0 Å². The minimum atomic E-state index is -3.69. The molecule has 0 unspecified atom stereocenters. The summed E-state index contributed by atoms with van der Waals surface area (Å²) in [5.74, 6) is 1.64. The predicted molar refractivity (Wildman–Crippen MR) is 132 cm³/mol. The zero-order valence-corrected chi connectivity index (χ0v) is 21.1. The first-order chi connectivity index (χ1) is 14.8. The minimum Gasteiger partial charge on any atom is -0.461 e. The molecule has 32 heavy (non-hydrogen) atoms. The molecule has 0 radical (unpaired) electrons. The van der Waals surface area contributed by atoms with Gasteiger partial charge in [0.1, 0.15) is 11.3 Å². The number of nitrogens with one attached hydrogen (secondary N) is 1. The summed E-state index contributed by atoms with van der Waals surface area (Å²) in [4.78, 5) is 0.270. The van der Waals surface area contributed by atoms with Crippen LogP contribution < -0.4 is 4.72 Å². The van der Waals surface area contributed by atoms with Gasteiger partial charge in [0.25, 0.3) is 10.0 Å². The normalized spacial score (nSPS) is 17.4. The third-order valence-corrected chi connectivity index (χ3v) is 8.27. The molecule has 0 amide bonds. The first-order valence-electron chi connectivity index (χ1n) is 11.4. The molecule has 0 fully saturated rings. The van der Waals surface area contributed by atoms with Crippen molar-refractivity contribution >= 4 is 26.7 Å². The Morgan fingerprint density at radius 3 is 2.25 bits per heavy atom. The quantitative estimate of drug-likeness (QED) is 0.465. The highest BCUT2D eigenvalue weighted by Gasteiger charge is 2.32. The second-order valence-corrected chi connectivity index (χ2v) is 13.0. The maximum absolute atomic E-state index is 13.1. The van der Waals surface area contributed by atoms with Gasteiger partial charge in [-0.05, 0) is 71.9 Å². The van der Waals surface area contributed by atoms with E-state index in [1.807, 2.05) is 31.2 Å². The molecule has 0 saturated carbocycles. The number of furan rings is 1. The average Bonchev–Trinajstić information content (AvgIpc) is 3.03. The first kappa shape index (κ1) is 22.9. The lowest BCUT2D eigenvalue weighted by atomic mass is 9.71. The molecule has 2 aromatic carbocycles. The molecule has 172 valence electrons. The number of hydrogen-bond acceptors (Lipinski definition) is 3. The maximum atomic E-state index is 13.1. The fraction of sp³-hybridized carbons (Fsp3) is 0.481. The Balaban J connectivity index is 1.68. The van der Waals surface area contributed by atoms with Crippen LogP contribution in [0.3, 0.4) is 0 Å². The van der Waals surface area contributed by atoms with Crippen molar-refractivity contribution in [3.8, 4) is 0 Å². The Morgan fingerprint density at radius 2 is 1.66 bits per heavy atom. The Hall–Kier alpha value is -2.27. The molecule has 0 bridgehead atoms. The van der Waals surface area contributed by atoms with Crippen LogP contribution in [-0.4, -0.2) is 8.42 Å². The SMILES string of the molecule is Cc1cc2oc3c(c2cc1NS(=O)(=O)c1ccc(C(C)(C)C)cc1)C[C@H](C(C)(C)C)CC3. The van der Waals surface area contributed by atoms with Crippen LogP contribution in [0.1, 0.15) is 70.4 Å². The molecule has 4 rings (SSSR count). The van der Waals surface area contributed by atoms with E-state index in [1.165, 1.54) is 5.56 Å². The van der Waals surface area contributed by atoms with E-state index in [-0.39, 0.29) is 15.7 Å². The molecule has 0 saturated heterocycles. The zero-order valence-electron chi connectivity index (χ0n) is 20.3. The summed E-state index contributed by atoms with van der Waals surface area (Å²) in [5, 5.41) is 1.03. The molecule has 0 aliphatic heterocycles. The number of rotatable bonds is 3. The Morgan fingerprint density at radius 1 is 1.00 bits per heavy atom. The molecule has 1 aliphatic rings. The molecule has 1 N–H and O–H groups in total. The van der Waals surface area contributed by atoms with Crippen LogP contribution in [0, 0.1) is 18.3 Å². The van der Waals surface area contributed by atoms with Crippen molar-refractivity contribution in [1.29, 1.82) is 0 Å². The summed E-state index contributed by atoms with van der Waals surface area (Å²) in [6.07, 6.45) is 3.03. The molecule has 3 aromatic rings. The van der Waals surface area contributed by atoms with E-state index in [1.54, 1.807) is 12.1 Å². The van der Waals surface area contributed by atoms with Crippen LogP contribution >= 0.6 is 0 Å². The third-order valence-electron chi connectivity index (χ3n) is 6.89.